The van der Waals surface area contributed by atoms with Crippen molar-refractivity contribution >= 4 is 45.4 Å². The Morgan fingerprint density at radius 1 is 1.19 bits per heavy atom. The molecular formula is C19H17NO6S. The first-order valence-corrected chi connectivity index (χ1v) is 9.48. The lowest BCUT2D eigenvalue weighted by Crippen LogP contribution is -2.44. The summed E-state index contributed by atoms with van der Waals surface area (Å²) in [4.78, 5) is 35.1. The average molecular weight is 387 g/mol. The van der Waals surface area contributed by atoms with Gasteiger partial charge in [-0.1, -0.05) is 18.2 Å². The number of aliphatic carboxylic acids is 1. The van der Waals surface area contributed by atoms with E-state index in [1.165, 1.54) is 17.8 Å². The second-order valence-corrected chi connectivity index (χ2v) is 6.71. The number of benzene rings is 2. The molecule has 0 bridgehead atoms. The Balaban J connectivity index is 1.76. The Kier molecular flexibility index (Phi) is 5.66. The van der Waals surface area contributed by atoms with Crippen LogP contribution in [0.3, 0.4) is 0 Å². The fourth-order valence-electron chi connectivity index (χ4n) is 2.68. The number of hydrogen-bond acceptors (Lipinski definition) is 6. The van der Waals surface area contributed by atoms with Gasteiger partial charge < -0.3 is 19.6 Å². The molecule has 0 aliphatic rings. The molecule has 2 aromatic carbocycles. The van der Waals surface area contributed by atoms with Crippen molar-refractivity contribution < 1.29 is 23.8 Å². The molecule has 1 aromatic heterocycles. The van der Waals surface area contributed by atoms with Gasteiger partial charge in [-0.05, 0) is 29.8 Å². The van der Waals surface area contributed by atoms with Crippen molar-refractivity contribution in [2.24, 2.45) is 0 Å². The van der Waals surface area contributed by atoms with Crippen LogP contribution in [0.5, 0.6) is 5.75 Å². The third kappa shape index (κ3) is 4.22. The number of carboxylic acid groups (broad SMARTS) is 1. The number of fused-ring (bicyclic) bond motifs is 3. The fourth-order valence-corrected chi connectivity index (χ4v) is 3.24. The van der Waals surface area contributed by atoms with Crippen LogP contribution in [0.1, 0.15) is 0 Å². The quantitative estimate of drug-likeness (QED) is 0.473. The molecule has 0 unspecified atom stereocenters. The highest BCUT2D eigenvalue weighted by Gasteiger charge is 2.19. The minimum Gasteiger partial charge on any atom is -0.484 e. The Bertz CT molecular complexity index is 1060. The van der Waals surface area contributed by atoms with Gasteiger partial charge in [0.1, 0.15) is 17.4 Å². The molecule has 0 saturated carbocycles. The molecule has 0 aliphatic carbocycles. The SMILES string of the molecule is CSC[C@H](NC(=O)COc1ccc2c(c1)oc(=O)c1ccccc12)C(=O)O. The minimum absolute atomic E-state index is 0.259. The molecule has 0 fully saturated rings. The molecule has 0 aliphatic heterocycles. The van der Waals surface area contributed by atoms with Crippen LogP contribution < -0.4 is 15.7 Å². The molecule has 8 heteroatoms. The normalized spacial score (nSPS) is 12.0. The Morgan fingerprint density at radius 3 is 2.63 bits per heavy atom. The third-order valence-electron chi connectivity index (χ3n) is 3.93. The predicted octanol–water partition coefficient (Wildman–Crippen LogP) is 2.26. The first-order valence-electron chi connectivity index (χ1n) is 8.09. The van der Waals surface area contributed by atoms with Crippen LogP contribution in [0.4, 0.5) is 0 Å². The molecule has 140 valence electrons. The van der Waals surface area contributed by atoms with Crippen LogP contribution in [-0.2, 0) is 9.59 Å². The third-order valence-corrected chi connectivity index (χ3v) is 4.60. The molecule has 7 nitrogen and oxygen atoms in total. The zero-order valence-corrected chi connectivity index (χ0v) is 15.2. The monoisotopic (exact) mass is 387 g/mol. The maximum absolute atomic E-state index is 12.1. The summed E-state index contributed by atoms with van der Waals surface area (Å²) in [6.07, 6.45) is 1.76. The molecule has 1 amide bonds. The first kappa shape index (κ1) is 18.8. The highest BCUT2D eigenvalue weighted by atomic mass is 32.2. The molecule has 1 heterocycles. The summed E-state index contributed by atoms with van der Waals surface area (Å²) in [6, 6.07) is 11.1. The van der Waals surface area contributed by atoms with Crippen LogP contribution in [0.25, 0.3) is 21.7 Å². The number of nitrogens with one attached hydrogen (secondary N) is 1. The molecule has 2 N–H and O–H groups in total. The van der Waals surface area contributed by atoms with E-state index in [4.69, 9.17) is 14.3 Å². The lowest BCUT2D eigenvalue weighted by Gasteiger charge is -2.13. The molecule has 1 atom stereocenters. The Hall–Kier alpha value is -3.00. The summed E-state index contributed by atoms with van der Waals surface area (Å²) in [5, 5.41) is 13.5. The predicted molar refractivity (Wildman–Crippen MR) is 103 cm³/mol. The molecule has 3 rings (SSSR count). The average Bonchev–Trinajstić information content (AvgIpc) is 2.66. The fraction of sp³-hybridized carbons (Fsp3) is 0.211. The summed E-state index contributed by atoms with van der Waals surface area (Å²) in [6.45, 7) is -0.346. The van der Waals surface area contributed by atoms with E-state index in [1.54, 1.807) is 30.5 Å². The van der Waals surface area contributed by atoms with E-state index < -0.39 is 23.5 Å². The van der Waals surface area contributed by atoms with Crippen LogP contribution >= 0.6 is 11.8 Å². The molecule has 0 radical (unpaired) electrons. The van der Waals surface area contributed by atoms with E-state index in [2.05, 4.69) is 5.32 Å². The highest BCUT2D eigenvalue weighted by Crippen LogP contribution is 2.26. The highest BCUT2D eigenvalue weighted by molar-refractivity contribution is 7.98. The number of ether oxygens (including phenoxy) is 1. The number of rotatable bonds is 7. The second-order valence-electron chi connectivity index (χ2n) is 5.80. The van der Waals surface area contributed by atoms with Crippen molar-refractivity contribution in [3.8, 4) is 5.75 Å². The number of carbonyl (C=O) groups is 2. The van der Waals surface area contributed by atoms with Gasteiger partial charge >= 0.3 is 11.6 Å². The number of hydrogen-bond donors (Lipinski definition) is 2. The first-order chi connectivity index (χ1) is 13.0. The van der Waals surface area contributed by atoms with E-state index >= 15 is 0 Å². The van der Waals surface area contributed by atoms with Crippen molar-refractivity contribution in [2.75, 3.05) is 18.6 Å². The zero-order valence-electron chi connectivity index (χ0n) is 14.4. The van der Waals surface area contributed by atoms with E-state index in [1.807, 2.05) is 12.1 Å². The molecule has 0 saturated heterocycles. The van der Waals surface area contributed by atoms with Gasteiger partial charge in [0.15, 0.2) is 6.61 Å². The topological polar surface area (TPSA) is 106 Å². The van der Waals surface area contributed by atoms with Crippen LogP contribution in [0, 0.1) is 0 Å². The van der Waals surface area contributed by atoms with Crippen molar-refractivity contribution in [3.63, 3.8) is 0 Å². The van der Waals surface area contributed by atoms with E-state index in [0.29, 0.717) is 16.7 Å². The zero-order chi connectivity index (χ0) is 19.4. The van der Waals surface area contributed by atoms with Gasteiger partial charge in [-0.25, -0.2) is 9.59 Å². The van der Waals surface area contributed by atoms with Gasteiger partial charge in [0.2, 0.25) is 0 Å². The molecule has 27 heavy (non-hydrogen) atoms. The van der Waals surface area contributed by atoms with Crippen molar-refractivity contribution in [1.29, 1.82) is 0 Å². The van der Waals surface area contributed by atoms with Gasteiger partial charge in [-0.15, -0.1) is 0 Å². The standard InChI is InChI=1S/C19H17NO6S/c1-27-10-15(18(22)23)20-17(21)9-25-11-6-7-13-12-4-2-3-5-14(12)19(24)26-16(13)8-11/h2-8,15H,9-10H2,1H3,(H,20,21)(H,22,23)/t15-/m0/s1. The van der Waals surface area contributed by atoms with Crippen molar-refractivity contribution in [2.45, 2.75) is 6.04 Å². The number of amides is 1. The van der Waals surface area contributed by atoms with E-state index in [-0.39, 0.29) is 12.4 Å². The Morgan fingerprint density at radius 2 is 1.93 bits per heavy atom. The maximum atomic E-state index is 12.1. The second kappa shape index (κ2) is 8.13. The summed E-state index contributed by atoms with van der Waals surface area (Å²) < 4.78 is 10.7. The Labute approximate surface area is 158 Å². The molecule has 0 spiro atoms. The molecular weight excluding hydrogens is 370 g/mol. The van der Waals surface area contributed by atoms with E-state index in [9.17, 15) is 14.4 Å². The van der Waals surface area contributed by atoms with Crippen LogP contribution in [-0.4, -0.2) is 41.6 Å². The van der Waals surface area contributed by atoms with Crippen molar-refractivity contribution in [3.05, 3.63) is 52.9 Å². The van der Waals surface area contributed by atoms with Gasteiger partial charge in [0, 0.05) is 17.2 Å². The van der Waals surface area contributed by atoms with Crippen molar-refractivity contribution in [1.82, 2.24) is 5.32 Å². The largest absolute Gasteiger partial charge is 0.484 e. The number of carboxylic acids is 1. The van der Waals surface area contributed by atoms with Gasteiger partial charge in [-0.3, -0.25) is 4.79 Å². The van der Waals surface area contributed by atoms with Crippen LogP contribution in [0.15, 0.2) is 51.7 Å². The number of carbonyl (C=O) groups excluding carboxylic acids is 1. The lowest BCUT2D eigenvalue weighted by molar-refractivity contribution is -0.141. The summed E-state index contributed by atoms with van der Waals surface area (Å²) >= 11 is 1.32. The van der Waals surface area contributed by atoms with Gasteiger partial charge in [0.05, 0.1) is 5.39 Å². The summed E-state index contributed by atoms with van der Waals surface area (Å²) in [5.74, 6) is -1.05. The maximum Gasteiger partial charge on any atom is 0.344 e. The van der Waals surface area contributed by atoms with E-state index in [0.717, 1.165) is 10.8 Å². The van der Waals surface area contributed by atoms with Gasteiger partial charge in [-0.2, -0.15) is 11.8 Å². The summed E-state index contributed by atoms with van der Waals surface area (Å²) in [5.41, 5.74) is -0.100. The molecule has 3 aromatic rings. The lowest BCUT2D eigenvalue weighted by atomic mass is 10.1. The number of thioether (sulfide) groups is 1. The van der Waals surface area contributed by atoms with Gasteiger partial charge in [0.25, 0.3) is 5.91 Å². The smallest absolute Gasteiger partial charge is 0.344 e. The summed E-state index contributed by atoms with van der Waals surface area (Å²) in [7, 11) is 0. The minimum atomic E-state index is -1.10. The van der Waals surface area contributed by atoms with Crippen LogP contribution in [0.2, 0.25) is 0 Å².